The van der Waals surface area contributed by atoms with Gasteiger partial charge in [-0.1, -0.05) is 73.7 Å². The molecule has 0 spiro atoms. The van der Waals surface area contributed by atoms with Gasteiger partial charge in [0, 0.05) is 18.7 Å². The highest BCUT2D eigenvalue weighted by Gasteiger charge is 2.35. The second kappa shape index (κ2) is 15.7. The number of para-hydroxylation sites is 1. The van der Waals surface area contributed by atoms with Crippen LogP contribution in [0.2, 0.25) is 10.0 Å². The van der Waals surface area contributed by atoms with E-state index in [-0.39, 0.29) is 34.8 Å². The lowest BCUT2D eigenvalue weighted by molar-refractivity contribution is -0.140. The van der Waals surface area contributed by atoms with E-state index in [1.54, 1.807) is 48.5 Å². The van der Waals surface area contributed by atoms with Crippen LogP contribution in [-0.4, -0.2) is 58.0 Å². The Bertz CT molecular complexity index is 1580. The van der Waals surface area contributed by atoms with Gasteiger partial charge in [0.2, 0.25) is 11.8 Å². The van der Waals surface area contributed by atoms with Gasteiger partial charge in [-0.25, -0.2) is 8.42 Å². The molecule has 0 aliphatic heterocycles. The molecule has 1 aliphatic rings. The number of methoxy groups -OCH3 is 2. The Morgan fingerprint density at radius 2 is 1.60 bits per heavy atom. The van der Waals surface area contributed by atoms with Crippen molar-refractivity contribution in [3.8, 4) is 11.5 Å². The molecule has 242 valence electrons. The van der Waals surface area contributed by atoms with Gasteiger partial charge < -0.3 is 19.7 Å². The second-order valence-corrected chi connectivity index (χ2v) is 13.6. The van der Waals surface area contributed by atoms with Gasteiger partial charge in [0.05, 0.1) is 34.8 Å². The lowest BCUT2D eigenvalue weighted by Crippen LogP contribution is -2.54. The summed E-state index contributed by atoms with van der Waals surface area (Å²) in [4.78, 5) is 29.4. The number of halogens is 2. The number of carbonyl (C=O) groups is 2. The third-order valence-electron chi connectivity index (χ3n) is 7.94. The third-order valence-corrected chi connectivity index (χ3v) is 10.4. The molecule has 1 fully saturated rings. The van der Waals surface area contributed by atoms with E-state index in [4.69, 9.17) is 32.7 Å². The van der Waals surface area contributed by atoms with E-state index in [9.17, 15) is 18.0 Å². The van der Waals surface area contributed by atoms with E-state index in [2.05, 4.69) is 5.32 Å². The zero-order valence-electron chi connectivity index (χ0n) is 25.7. The third kappa shape index (κ3) is 8.42. The van der Waals surface area contributed by atoms with Gasteiger partial charge in [-0.2, -0.15) is 0 Å². The largest absolute Gasteiger partial charge is 0.493 e. The van der Waals surface area contributed by atoms with Crippen molar-refractivity contribution in [2.45, 2.75) is 69.0 Å². The lowest BCUT2D eigenvalue weighted by atomic mass is 9.95. The Morgan fingerprint density at radius 1 is 0.911 bits per heavy atom. The summed E-state index contributed by atoms with van der Waals surface area (Å²) in [6.07, 6.45) is 5.29. The highest BCUT2D eigenvalue weighted by molar-refractivity contribution is 7.92. The molecule has 0 bridgehead atoms. The molecule has 2 amide bonds. The van der Waals surface area contributed by atoms with Gasteiger partial charge in [-0.3, -0.25) is 13.9 Å². The maximum Gasteiger partial charge on any atom is 0.264 e. The molecule has 0 unspecified atom stereocenters. The molecular formula is C33H39Cl2N3O6S. The summed E-state index contributed by atoms with van der Waals surface area (Å²) in [7, 11) is -1.42. The monoisotopic (exact) mass is 675 g/mol. The first-order valence-corrected chi connectivity index (χ1v) is 17.1. The first-order valence-electron chi connectivity index (χ1n) is 14.9. The van der Waals surface area contributed by atoms with Crippen molar-refractivity contribution < 1.29 is 27.5 Å². The van der Waals surface area contributed by atoms with Gasteiger partial charge in [0.25, 0.3) is 10.0 Å². The molecular weight excluding hydrogens is 637 g/mol. The minimum Gasteiger partial charge on any atom is -0.493 e. The van der Waals surface area contributed by atoms with Crippen LogP contribution in [0.1, 0.15) is 51.0 Å². The molecule has 1 aliphatic carbocycles. The maximum atomic E-state index is 14.3. The smallest absolute Gasteiger partial charge is 0.264 e. The summed E-state index contributed by atoms with van der Waals surface area (Å²) >= 11 is 12.4. The number of nitrogens with zero attached hydrogens (tertiary/aromatic N) is 2. The molecule has 9 nitrogen and oxygen atoms in total. The topological polar surface area (TPSA) is 105 Å². The Hall–Kier alpha value is -3.47. The summed E-state index contributed by atoms with van der Waals surface area (Å²) in [6, 6.07) is 16.8. The summed E-state index contributed by atoms with van der Waals surface area (Å²) < 4.78 is 40.0. The first kappa shape index (κ1) is 34.4. The molecule has 0 saturated heterocycles. The molecule has 1 saturated carbocycles. The van der Waals surface area contributed by atoms with Crippen molar-refractivity contribution in [2.75, 3.05) is 25.1 Å². The highest BCUT2D eigenvalue weighted by Crippen LogP contribution is 2.32. The fraction of sp³-hybridized carbons (Fsp3) is 0.394. The molecule has 0 radical (unpaired) electrons. The van der Waals surface area contributed by atoms with Gasteiger partial charge in [0.1, 0.15) is 12.6 Å². The minimum atomic E-state index is -4.29. The van der Waals surface area contributed by atoms with Crippen LogP contribution in [0.4, 0.5) is 5.69 Å². The predicted molar refractivity (Wildman–Crippen MR) is 177 cm³/mol. The fourth-order valence-electron chi connectivity index (χ4n) is 5.53. The van der Waals surface area contributed by atoms with Crippen LogP contribution < -0.4 is 19.1 Å². The van der Waals surface area contributed by atoms with Crippen LogP contribution in [0, 0.1) is 0 Å². The summed E-state index contributed by atoms with van der Waals surface area (Å²) in [5.74, 6) is -0.239. The van der Waals surface area contributed by atoms with E-state index in [0.29, 0.717) is 27.8 Å². The Morgan fingerprint density at radius 3 is 2.22 bits per heavy atom. The van der Waals surface area contributed by atoms with Gasteiger partial charge in [-0.15, -0.1) is 0 Å². The number of rotatable bonds is 13. The van der Waals surface area contributed by atoms with Crippen LogP contribution in [0.15, 0.2) is 71.6 Å². The van der Waals surface area contributed by atoms with Crippen LogP contribution in [0.3, 0.4) is 0 Å². The molecule has 0 aromatic heterocycles. The second-order valence-electron chi connectivity index (χ2n) is 10.9. The van der Waals surface area contributed by atoms with Crippen LogP contribution in [0.25, 0.3) is 0 Å². The van der Waals surface area contributed by atoms with Crippen molar-refractivity contribution >= 4 is 50.7 Å². The van der Waals surface area contributed by atoms with E-state index in [1.807, 2.05) is 6.92 Å². The van der Waals surface area contributed by atoms with E-state index < -0.39 is 28.5 Å². The fourth-order valence-corrected chi connectivity index (χ4v) is 7.28. The predicted octanol–water partition coefficient (Wildman–Crippen LogP) is 6.46. The number of hydrogen-bond donors (Lipinski definition) is 1. The molecule has 1 atom stereocenters. The van der Waals surface area contributed by atoms with Gasteiger partial charge in [0.15, 0.2) is 11.5 Å². The molecule has 3 aromatic rings. The molecule has 1 N–H and O–H groups in total. The Labute approximate surface area is 275 Å². The number of anilines is 1. The van der Waals surface area contributed by atoms with Crippen LogP contribution in [-0.2, 0) is 26.2 Å². The first-order chi connectivity index (χ1) is 21.6. The number of ether oxygens (including phenoxy) is 2. The Kier molecular flexibility index (Phi) is 12.0. The van der Waals surface area contributed by atoms with E-state index >= 15 is 0 Å². The molecule has 0 heterocycles. The summed E-state index contributed by atoms with van der Waals surface area (Å²) in [6.45, 7) is 1.29. The average Bonchev–Trinajstić information content (AvgIpc) is 3.05. The number of hydrogen-bond acceptors (Lipinski definition) is 6. The minimum absolute atomic E-state index is 0.0192. The van der Waals surface area contributed by atoms with Gasteiger partial charge >= 0.3 is 0 Å². The standard InChI is InChI=1S/C33H39Cl2N3O6S/c1-4-29(33(40)36-24-11-7-5-8-12-24)37(21-23-15-17-27(34)28(35)19-23)32(39)22-38(25-13-9-6-10-14-25)45(41,42)26-16-18-30(43-2)31(20-26)44-3/h6,9-10,13-20,24,29H,4-5,7-8,11-12,21-22H2,1-3H3,(H,36,40)/t29-/m0/s1. The molecule has 4 rings (SSSR count). The lowest BCUT2D eigenvalue weighted by Gasteiger charge is -2.34. The number of nitrogens with one attached hydrogen (secondary N) is 1. The SMILES string of the molecule is CC[C@@H](C(=O)NC1CCCCC1)N(Cc1ccc(Cl)c(Cl)c1)C(=O)CN(c1ccccc1)S(=O)(=O)c1ccc(OC)c(OC)c1. The molecule has 45 heavy (non-hydrogen) atoms. The van der Waals surface area contributed by atoms with E-state index in [1.165, 1.54) is 37.3 Å². The van der Waals surface area contributed by atoms with Crippen molar-refractivity contribution in [1.82, 2.24) is 10.2 Å². The number of sulfonamides is 1. The molecule has 3 aromatic carbocycles. The van der Waals surface area contributed by atoms with Crippen molar-refractivity contribution in [1.29, 1.82) is 0 Å². The number of benzene rings is 3. The van der Waals surface area contributed by atoms with Crippen LogP contribution in [0.5, 0.6) is 11.5 Å². The van der Waals surface area contributed by atoms with Crippen molar-refractivity contribution in [2.24, 2.45) is 0 Å². The number of amides is 2. The maximum absolute atomic E-state index is 14.3. The average molecular weight is 677 g/mol. The summed E-state index contributed by atoms with van der Waals surface area (Å²) in [5.41, 5.74) is 0.936. The Balaban J connectivity index is 1.73. The normalized spacial score (nSPS) is 14.3. The van der Waals surface area contributed by atoms with E-state index in [0.717, 1.165) is 36.4 Å². The van der Waals surface area contributed by atoms with Crippen molar-refractivity contribution in [3.63, 3.8) is 0 Å². The quantitative estimate of drug-likeness (QED) is 0.223. The molecule has 12 heteroatoms. The summed E-state index contributed by atoms with van der Waals surface area (Å²) in [5, 5.41) is 3.80. The zero-order valence-corrected chi connectivity index (χ0v) is 28.0. The van der Waals surface area contributed by atoms with Crippen molar-refractivity contribution in [3.05, 3.63) is 82.3 Å². The number of carbonyl (C=O) groups excluding carboxylic acids is 2. The zero-order chi connectivity index (χ0) is 32.6. The highest BCUT2D eigenvalue weighted by atomic mass is 35.5. The van der Waals surface area contributed by atoms with Gasteiger partial charge in [-0.05, 0) is 61.2 Å². The van der Waals surface area contributed by atoms with Crippen LogP contribution >= 0.6 is 23.2 Å².